The molecule has 0 aliphatic heterocycles. The number of urea groups is 1. The van der Waals surface area contributed by atoms with Gasteiger partial charge in [-0.1, -0.05) is 38.1 Å². The van der Waals surface area contributed by atoms with Crippen LogP contribution in [0.4, 0.5) is 4.79 Å². The van der Waals surface area contributed by atoms with Gasteiger partial charge in [-0.2, -0.15) is 0 Å². The topological polar surface area (TPSA) is 78.4 Å². The molecule has 0 fully saturated rings. The zero-order valence-electron chi connectivity index (χ0n) is 12.8. The van der Waals surface area contributed by atoms with Gasteiger partial charge in [0, 0.05) is 12.6 Å². The summed E-state index contributed by atoms with van der Waals surface area (Å²) in [6.45, 7) is 6.51. The van der Waals surface area contributed by atoms with Crippen LogP contribution < -0.4 is 10.6 Å². The van der Waals surface area contributed by atoms with E-state index in [0.29, 0.717) is 12.5 Å². The van der Waals surface area contributed by atoms with Gasteiger partial charge in [0.1, 0.15) is 0 Å². The van der Waals surface area contributed by atoms with Crippen LogP contribution in [0.15, 0.2) is 24.3 Å². The Morgan fingerprint density at radius 2 is 1.76 bits per heavy atom. The van der Waals surface area contributed by atoms with Crippen LogP contribution in [0.2, 0.25) is 0 Å². The Morgan fingerprint density at radius 1 is 1.14 bits per heavy atom. The molecular weight excluding hydrogens is 268 g/mol. The van der Waals surface area contributed by atoms with Crippen molar-refractivity contribution >= 4 is 12.0 Å². The summed E-state index contributed by atoms with van der Waals surface area (Å²) in [5, 5.41) is 14.5. The summed E-state index contributed by atoms with van der Waals surface area (Å²) in [5.74, 6) is -0.353. The van der Waals surface area contributed by atoms with Crippen molar-refractivity contribution in [3.05, 3.63) is 35.4 Å². The summed E-state index contributed by atoms with van der Waals surface area (Å²) in [5.41, 5.74) is 1.55. The number of aliphatic carboxylic acids is 1. The predicted molar refractivity (Wildman–Crippen MR) is 82.1 cm³/mol. The largest absolute Gasteiger partial charge is 0.481 e. The van der Waals surface area contributed by atoms with Crippen LogP contribution in [0.3, 0.4) is 0 Å². The Balaban J connectivity index is 2.51. The lowest BCUT2D eigenvalue weighted by Crippen LogP contribution is -2.41. The summed E-state index contributed by atoms with van der Waals surface area (Å²) in [7, 11) is 0. The molecule has 0 aromatic heterocycles. The molecule has 5 nitrogen and oxygen atoms in total. The van der Waals surface area contributed by atoms with Crippen molar-refractivity contribution in [2.45, 2.75) is 46.2 Å². The van der Waals surface area contributed by atoms with Crippen molar-refractivity contribution in [3.63, 3.8) is 0 Å². The monoisotopic (exact) mass is 292 g/mol. The van der Waals surface area contributed by atoms with Gasteiger partial charge < -0.3 is 15.7 Å². The van der Waals surface area contributed by atoms with Gasteiger partial charge in [-0.15, -0.1) is 0 Å². The van der Waals surface area contributed by atoms with Crippen LogP contribution >= 0.6 is 0 Å². The molecule has 0 radical (unpaired) electrons. The Hall–Kier alpha value is -2.04. The molecule has 0 saturated carbocycles. The maximum Gasteiger partial charge on any atom is 0.315 e. The van der Waals surface area contributed by atoms with Crippen LogP contribution in [-0.2, 0) is 17.8 Å². The van der Waals surface area contributed by atoms with Crippen molar-refractivity contribution in [2.24, 2.45) is 5.92 Å². The quantitative estimate of drug-likeness (QED) is 0.722. The number of hydrogen-bond donors (Lipinski definition) is 3. The Kier molecular flexibility index (Phi) is 6.72. The average molecular weight is 292 g/mol. The van der Waals surface area contributed by atoms with E-state index in [2.05, 4.69) is 24.5 Å². The van der Waals surface area contributed by atoms with Gasteiger partial charge in [0.05, 0.1) is 6.42 Å². The van der Waals surface area contributed by atoms with E-state index < -0.39 is 5.97 Å². The third-order valence-corrected chi connectivity index (χ3v) is 3.10. The molecular formula is C16H24N2O3. The number of carboxylic acid groups (broad SMARTS) is 1. The second-order valence-electron chi connectivity index (χ2n) is 5.70. The number of hydrogen-bond acceptors (Lipinski definition) is 2. The summed E-state index contributed by atoms with van der Waals surface area (Å²) in [6, 6.07) is 7.11. The van der Waals surface area contributed by atoms with E-state index in [1.165, 1.54) is 0 Å². The lowest BCUT2D eigenvalue weighted by atomic mass is 10.0. The van der Waals surface area contributed by atoms with Crippen LogP contribution in [0, 0.1) is 5.92 Å². The third-order valence-electron chi connectivity index (χ3n) is 3.10. The van der Waals surface area contributed by atoms with Crippen LogP contribution in [-0.4, -0.2) is 23.1 Å². The number of amides is 2. The highest BCUT2D eigenvalue weighted by atomic mass is 16.4. The molecule has 5 heteroatoms. The Morgan fingerprint density at radius 3 is 2.33 bits per heavy atom. The fraction of sp³-hybridized carbons (Fsp3) is 0.500. The van der Waals surface area contributed by atoms with Crippen LogP contribution in [0.25, 0.3) is 0 Å². The molecule has 1 atom stereocenters. The lowest BCUT2D eigenvalue weighted by Gasteiger charge is -2.17. The molecule has 21 heavy (non-hydrogen) atoms. The molecule has 3 N–H and O–H groups in total. The molecule has 1 aromatic carbocycles. The van der Waals surface area contributed by atoms with E-state index in [0.717, 1.165) is 17.5 Å². The molecule has 1 aromatic rings. The van der Waals surface area contributed by atoms with Gasteiger partial charge in [0.15, 0.2) is 0 Å². The van der Waals surface area contributed by atoms with E-state index in [1.807, 2.05) is 19.1 Å². The fourth-order valence-corrected chi connectivity index (χ4v) is 2.28. The number of carboxylic acids is 1. The Labute approximate surface area is 125 Å². The first-order chi connectivity index (χ1) is 9.88. The van der Waals surface area contributed by atoms with E-state index in [9.17, 15) is 9.59 Å². The highest BCUT2D eigenvalue weighted by molar-refractivity contribution is 5.74. The van der Waals surface area contributed by atoms with Gasteiger partial charge in [-0.3, -0.25) is 4.79 Å². The van der Waals surface area contributed by atoms with Crippen LogP contribution in [0.1, 0.15) is 38.3 Å². The molecule has 116 valence electrons. The number of carbonyl (C=O) groups excluding carboxylic acids is 1. The van der Waals surface area contributed by atoms with Crippen molar-refractivity contribution in [3.8, 4) is 0 Å². The summed E-state index contributed by atoms with van der Waals surface area (Å²) >= 11 is 0. The smallest absolute Gasteiger partial charge is 0.315 e. The van der Waals surface area contributed by atoms with Gasteiger partial charge in [-0.25, -0.2) is 4.79 Å². The fourth-order valence-electron chi connectivity index (χ4n) is 2.28. The Bertz CT molecular complexity index is 486. The summed E-state index contributed by atoms with van der Waals surface area (Å²) < 4.78 is 0. The van der Waals surface area contributed by atoms with E-state index >= 15 is 0 Å². The number of carbonyl (C=O) groups is 2. The predicted octanol–water partition coefficient (Wildman–Crippen LogP) is 2.55. The highest BCUT2D eigenvalue weighted by Gasteiger charge is 2.10. The van der Waals surface area contributed by atoms with Crippen molar-refractivity contribution in [2.75, 3.05) is 0 Å². The van der Waals surface area contributed by atoms with E-state index in [-0.39, 0.29) is 18.5 Å². The molecule has 0 aliphatic carbocycles. The van der Waals surface area contributed by atoms with E-state index in [4.69, 9.17) is 5.11 Å². The van der Waals surface area contributed by atoms with Crippen molar-refractivity contribution in [1.29, 1.82) is 0 Å². The average Bonchev–Trinajstić information content (AvgIpc) is 2.35. The zero-order valence-corrected chi connectivity index (χ0v) is 12.8. The van der Waals surface area contributed by atoms with Gasteiger partial charge in [-0.05, 0) is 30.4 Å². The first kappa shape index (κ1) is 17.0. The summed E-state index contributed by atoms with van der Waals surface area (Å²) in [4.78, 5) is 22.6. The lowest BCUT2D eigenvalue weighted by molar-refractivity contribution is -0.136. The van der Waals surface area contributed by atoms with Gasteiger partial charge >= 0.3 is 12.0 Å². The number of nitrogens with one attached hydrogen (secondary N) is 2. The van der Waals surface area contributed by atoms with Crippen molar-refractivity contribution in [1.82, 2.24) is 10.6 Å². The molecule has 1 rings (SSSR count). The molecule has 0 spiro atoms. The standard InChI is InChI=1S/C16H24N2O3/c1-11(2)8-12(3)18-16(21)17-10-14-7-5-4-6-13(14)9-15(19)20/h4-7,11-12H,8-10H2,1-3H3,(H,19,20)(H2,17,18,21). The minimum absolute atomic E-state index is 0.0385. The number of rotatable bonds is 7. The maximum atomic E-state index is 11.8. The normalized spacial score (nSPS) is 12.0. The number of benzene rings is 1. The SMILES string of the molecule is CC(C)CC(C)NC(=O)NCc1ccccc1CC(=O)O. The summed E-state index contributed by atoms with van der Waals surface area (Å²) in [6.07, 6.45) is 0.881. The minimum Gasteiger partial charge on any atom is -0.481 e. The molecule has 0 aliphatic rings. The maximum absolute atomic E-state index is 11.8. The van der Waals surface area contributed by atoms with Gasteiger partial charge in [0.2, 0.25) is 0 Å². The van der Waals surface area contributed by atoms with E-state index in [1.54, 1.807) is 12.1 Å². The first-order valence-corrected chi connectivity index (χ1v) is 7.21. The van der Waals surface area contributed by atoms with Gasteiger partial charge in [0.25, 0.3) is 0 Å². The second kappa shape index (κ2) is 8.29. The second-order valence-corrected chi connectivity index (χ2v) is 5.70. The molecule has 0 heterocycles. The highest BCUT2D eigenvalue weighted by Crippen LogP contribution is 2.09. The molecule has 0 bridgehead atoms. The van der Waals surface area contributed by atoms with Crippen LogP contribution in [0.5, 0.6) is 0 Å². The minimum atomic E-state index is -0.877. The molecule has 2 amide bonds. The third kappa shape index (κ3) is 6.79. The van der Waals surface area contributed by atoms with Crippen molar-refractivity contribution < 1.29 is 14.7 Å². The first-order valence-electron chi connectivity index (χ1n) is 7.21. The zero-order chi connectivity index (χ0) is 15.8. The molecule has 1 unspecified atom stereocenters. The molecule has 0 saturated heterocycles.